The molecule has 5 N–H and O–H groups in total. The molecule has 69 heavy (non-hydrogen) atoms. The summed E-state index contributed by atoms with van der Waals surface area (Å²) in [5.41, 5.74) is 16.1. The van der Waals surface area contributed by atoms with Gasteiger partial charge in [0.25, 0.3) is 0 Å². The van der Waals surface area contributed by atoms with Crippen LogP contribution in [0.15, 0.2) is 97.3 Å². The fourth-order valence-electron chi connectivity index (χ4n) is 7.39. The summed E-state index contributed by atoms with van der Waals surface area (Å²) in [6.45, 7) is 15.0. The number of halogens is 6. The average molecular weight is 1030 g/mol. The van der Waals surface area contributed by atoms with E-state index in [-0.39, 0.29) is 28.3 Å². The first-order chi connectivity index (χ1) is 33.1. The van der Waals surface area contributed by atoms with Gasteiger partial charge in [0.2, 0.25) is 0 Å². The number of rotatable bonds is 19. The highest BCUT2D eigenvalue weighted by molar-refractivity contribution is 6.36. The molecule has 3 unspecified atom stereocenters. The van der Waals surface area contributed by atoms with Crippen LogP contribution in [0.1, 0.15) is 51.0 Å². The number of morpholine rings is 1. The molecule has 1 aliphatic heterocycles. The number of aliphatic hydroxyl groups is 1. The molecule has 1 aliphatic rings. The molecule has 12 nitrogen and oxygen atoms in total. The summed E-state index contributed by atoms with van der Waals surface area (Å²) in [6, 6.07) is 24.0. The van der Waals surface area contributed by atoms with E-state index in [4.69, 9.17) is 81.6 Å². The summed E-state index contributed by atoms with van der Waals surface area (Å²) >= 11 is 24.7. The lowest BCUT2D eigenvalue weighted by Crippen LogP contribution is -2.42. The van der Waals surface area contributed by atoms with Gasteiger partial charge in [-0.2, -0.15) is 0 Å². The van der Waals surface area contributed by atoms with Gasteiger partial charge >= 0.3 is 0 Å². The lowest BCUT2D eigenvalue weighted by Gasteiger charge is -2.28. The van der Waals surface area contributed by atoms with Gasteiger partial charge in [0.05, 0.1) is 23.3 Å². The van der Waals surface area contributed by atoms with Crippen molar-refractivity contribution in [2.45, 2.75) is 46.0 Å². The zero-order valence-electron chi connectivity index (χ0n) is 38.7. The van der Waals surface area contributed by atoms with Gasteiger partial charge in [-0.3, -0.25) is 4.90 Å². The zero-order chi connectivity index (χ0) is 49.6. The monoisotopic (exact) mass is 1030 g/mol. The van der Waals surface area contributed by atoms with E-state index in [9.17, 15) is 13.9 Å². The third-order valence-electron chi connectivity index (χ3n) is 11.3. The molecule has 1 saturated heterocycles. The lowest BCUT2D eigenvalue weighted by molar-refractivity contribution is 0.00465. The van der Waals surface area contributed by atoms with Gasteiger partial charge in [0, 0.05) is 70.9 Å². The van der Waals surface area contributed by atoms with Crippen LogP contribution in [0.3, 0.4) is 0 Å². The lowest BCUT2D eigenvalue weighted by atomic mass is 10.1. The Bertz CT molecular complexity index is 2610. The normalized spacial score (nSPS) is 14.1. The van der Waals surface area contributed by atoms with Crippen molar-refractivity contribution in [3.05, 3.63) is 140 Å². The third-order valence-corrected chi connectivity index (χ3v) is 12.7. The van der Waals surface area contributed by atoms with E-state index in [1.807, 2.05) is 48.5 Å². The van der Waals surface area contributed by atoms with E-state index in [2.05, 4.69) is 33.6 Å². The summed E-state index contributed by atoms with van der Waals surface area (Å²) in [7, 11) is 0. The Hall–Kier alpha value is -5.16. The largest absolute Gasteiger partial charge is 0.492 e. The standard InChI is InChI=1S/C26H28Cl2FN3O4.C25H28Cl2FN3O2/c1-16(24-21(27)6-7-22(29)25(24)28)36-23-12-18(13-31-26(23)30)17-2-4-20(5-3-17)35-15-19(33)14-32-8-10-34-11-9-32;1-4-31(5-2)12-13-32-19-8-6-17(7-9-19)18-14-22(25(29)30-15-18)33-16(3)23-20(26)10-11-21(28)24(23)27/h2-7,12-13,16,19,33H,8-11,14-15H2,1H3,(H2,30,31);6-11,14-16H,4-5,12-13H2,1-3H3,(H2,29,30). The molecule has 0 radical (unpaired) electrons. The van der Waals surface area contributed by atoms with Crippen molar-refractivity contribution in [3.8, 4) is 45.3 Å². The van der Waals surface area contributed by atoms with E-state index in [0.29, 0.717) is 64.8 Å². The molecule has 0 saturated carbocycles. The molecule has 18 heteroatoms. The number of nitrogens with two attached hydrogens (primary N) is 2. The smallest absolute Gasteiger partial charge is 0.166 e. The quantitative estimate of drug-likeness (QED) is 0.0663. The Morgan fingerprint density at radius 3 is 1.58 bits per heavy atom. The number of likely N-dealkylation sites (N-methyl/N-ethyl adjacent to an activating group) is 1. The molecule has 4 aromatic carbocycles. The maximum atomic E-state index is 13.9. The van der Waals surface area contributed by atoms with Crippen molar-refractivity contribution in [2.75, 3.05) is 77.2 Å². The van der Waals surface area contributed by atoms with Crippen molar-refractivity contribution >= 4 is 58.0 Å². The van der Waals surface area contributed by atoms with E-state index in [0.717, 1.165) is 60.7 Å². The van der Waals surface area contributed by atoms with Gasteiger partial charge in [0.1, 0.15) is 54.7 Å². The molecule has 1 fully saturated rings. The number of aromatic nitrogens is 2. The maximum Gasteiger partial charge on any atom is 0.166 e. The van der Waals surface area contributed by atoms with Crippen LogP contribution in [0.5, 0.6) is 23.0 Å². The summed E-state index contributed by atoms with van der Waals surface area (Å²) in [4.78, 5) is 13.0. The van der Waals surface area contributed by atoms with Crippen LogP contribution in [-0.4, -0.2) is 96.7 Å². The SMILES string of the molecule is CC(Oc1cc(-c2ccc(OCC(O)CN3CCOCC3)cc2)cnc1N)c1c(Cl)ccc(F)c1Cl.CCN(CC)CCOc1ccc(-c2cnc(N)c(OC(C)c3c(Cl)ccc(F)c3Cl)c2)cc1. The summed E-state index contributed by atoms with van der Waals surface area (Å²) in [5.74, 6) is 1.37. The number of benzene rings is 4. The fraction of sp³-hybridized carbons (Fsp3) is 0.333. The van der Waals surface area contributed by atoms with Crippen molar-refractivity contribution in [3.63, 3.8) is 0 Å². The van der Waals surface area contributed by atoms with Crippen LogP contribution < -0.4 is 30.4 Å². The summed E-state index contributed by atoms with van der Waals surface area (Å²) < 4.78 is 56.7. The fourth-order valence-corrected chi connectivity index (χ4v) is 8.75. The second-order valence-corrected chi connectivity index (χ2v) is 17.6. The second-order valence-electron chi connectivity index (χ2n) is 16.1. The van der Waals surface area contributed by atoms with Gasteiger partial charge in [-0.25, -0.2) is 18.7 Å². The molecule has 0 aliphatic carbocycles. The highest BCUT2D eigenvalue weighted by Gasteiger charge is 2.22. The molecule has 3 atom stereocenters. The number of hydrogen-bond donors (Lipinski definition) is 3. The van der Waals surface area contributed by atoms with Crippen LogP contribution in [0.25, 0.3) is 22.3 Å². The topological polar surface area (TPSA) is 151 Å². The highest BCUT2D eigenvalue weighted by Crippen LogP contribution is 2.39. The predicted molar refractivity (Wildman–Crippen MR) is 271 cm³/mol. The number of β-amino-alcohol motifs (C(OH)–C–C–N with tert-alkyl or cyclic N) is 1. The van der Waals surface area contributed by atoms with Crippen LogP contribution >= 0.6 is 46.4 Å². The Morgan fingerprint density at radius 1 is 0.681 bits per heavy atom. The molecule has 0 amide bonds. The van der Waals surface area contributed by atoms with Crippen molar-refractivity contribution in [2.24, 2.45) is 0 Å². The molecule has 2 aromatic heterocycles. The van der Waals surface area contributed by atoms with Gasteiger partial charge < -0.3 is 45.2 Å². The van der Waals surface area contributed by atoms with Gasteiger partial charge in [-0.05, 0) is 98.7 Å². The molecule has 0 spiro atoms. The number of anilines is 2. The minimum atomic E-state index is -0.667. The van der Waals surface area contributed by atoms with Crippen molar-refractivity contribution in [1.82, 2.24) is 19.8 Å². The van der Waals surface area contributed by atoms with Gasteiger partial charge in [-0.1, -0.05) is 84.5 Å². The maximum absolute atomic E-state index is 13.9. The number of nitrogens with zero attached hydrogens (tertiary/aromatic N) is 4. The summed E-state index contributed by atoms with van der Waals surface area (Å²) in [6.07, 6.45) is 1.41. The molecule has 6 aromatic rings. The summed E-state index contributed by atoms with van der Waals surface area (Å²) in [5, 5.41) is 10.7. The van der Waals surface area contributed by atoms with E-state index in [1.54, 1.807) is 38.4 Å². The molecule has 7 rings (SSSR count). The van der Waals surface area contributed by atoms with Crippen molar-refractivity contribution in [1.29, 1.82) is 0 Å². The van der Waals surface area contributed by atoms with Crippen LogP contribution in [0.2, 0.25) is 20.1 Å². The number of ether oxygens (including phenoxy) is 5. The first-order valence-corrected chi connectivity index (χ1v) is 23.9. The van der Waals surface area contributed by atoms with Crippen LogP contribution in [0.4, 0.5) is 20.4 Å². The van der Waals surface area contributed by atoms with E-state index in [1.165, 1.54) is 24.3 Å². The van der Waals surface area contributed by atoms with E-state index < -0.39 is 29.9 Å². The Labute approximate surface area is 421 Å². The van der Waals surface area contributed by atoms with Gasteiger partial charge in [0.15, 0.2) is 23.1 Å². The molecular formula is C51H56Cl4F2N6O6. The molecular weight excluding hydrogens is 972 g/mol. The molecule has 368 valence electrons. The Balaban J connectivity index is 0.000000228. The molecule has 0 bridgehead atoms. The zero-order valence-corrected chi connectivity index (χ0v) is 41.8. The number of pyridine rings is 2. The number of nitrogen functional groups attached to an aromatic ring is 2. The number of hydrogen-bond acceptors (Lipinski definition) is 12. The third kappa shape index (κ3) is 14.7. The minimum Gasteiger partial charge on any atom is -0.492 e. The second kappa shape index (κ2) is 25.6. The minimum absolute atomic E-state index is 0.0748. The van der Waals surface area contributed by atoms with Crippen LogP contribution in [0, 0.1) is 11.6 Å². The Morgan fingerprint density at radius 2 is 1.13 bits per heavy atom. The first-order valence-electron chi connectivity index (χ1n) is 22.4. The Kier molecular flexibility index (Phi) is 19.8. The number of aliphatic hydroxyl groups excluding tert-OH is 1. The highest BCUT2D eigenvalue weighted by atomic mass is 35.5. The average Bonchev–Trinajstić information content (AvgIpc) is 3.34. The van der Waals surface area contributed by atoms with E-state index >= 15 is 0 Å². The van der Waals surface area contributed by atoms with Crippen molar-refractivity contribution < 1.29 is 37.6 Å². The van der Waals surface area contributed by atoms with Crippen LogP contribution in [-0.2, 0) is 4.74 Å². The predicted octanol–water partition coefficient (Wildman–Crippen LogP) is 11.6. The van der Waals surface area contributed by atoms with Gasteiger partial charge in [-0.15, -0.1) is 0 Å². The molecule has 3 heterocycles. The first kappa shape index (κ1) is 53.2.